The van der Waals surface area contributed by atoms with Gasteiger partial charge in [-0.25, -0.2) is 0 Å². The molecule has 1 rings (SSSR count). The minimum atomic E-state index is -1.24. The van der Waals surface area contributed by atoms with Crippen molar-refractivity contribution in [1.29, 1.82) is 0 Å². The Bertz CT molecular complexity index is 132. The number of aliphatic hydroxyl groups is 1. The molecule has 0 spiro atoms. The molecule has 0 aromatic rings. The second-order valence-electron chi connectivity index (χ2n) is 2.27. The summed E-state index contributed by atoms with van der Waals surface area (Å²) in [6.07, 6.45) is -0.326. The fourth-order valence-electron chi connectivity index (χ4n) is 0.708. The summed E-state index contributed by atoms with van der Waals surface area (Å²) in [6.45, 7) is 0.224. The van der Waals surface area contributed by atoms with Crippen LogP contribution in [0, 0.1) is 0 Å². The van der Waals surface area contributed by atoms with Crippen LogP contribution < -0.4 is 24.0 Å². The molecule has 0 atom stereocenters. The molecule has 0 radical (unpaired) electrons. The van der Waals surface area contributed by atoms with E-state index in [-0.39, 0.29) is 38.5 Å². The average molecular weight is 138 g/mol. The zero-order chi connectivity index (χ0) is 6.91. The quantitative estimate of drug-likeness (QED) is 0.387. The number of carbonyl (C=O) groups is 1. The average Bonchev–Trinajstić information content (AvgIpc) is 1.60. The van der Waals surface area contributed by atoms with Crippen LogP contribution in [0.5, 0.6) is 0 Å². The molecule has 0 bridgehead atoms. The Morgan fingerprint density at radius 1 is 1.70 bits per heavy atom. The first-order valence-corrected chi connectivity index (χ1v) is 2.62. The summed E-state index contributed by atoms with van der Waals surface area (Å²) in [5, 5.41) is 18.9. The van der Waals surface area contributed by atoms with Gasteiger partial charge in [-0.1, -0.05) is 0 Å². The Balaban J connectivity index is 0.000000810. The molecule has 10 heavy (non-hydrogen) atoms. The van der Waals surface area contributed by atoms with Crippen molar-refractivity contribution in [3.63, 3.8) is 0 Å². The minimum Gasteiger partial charge on any atom is -0.550 e. The van der Waals surface area contributed by atoms with Gasteiger partial charge < -0.3 is 19.7 Å². The first kappa shape index (κ1) is 9.99. The molecule has 0 aromatic heterocycles. The fourth-order valence-corrected chi connectivity index (χ4v) is 0.708. The van der Waals surface area contributed by atoms with Crippen LogP contribution in [0.15, 0.2) is 0 Å². The normalized spacial score (nSPS) is 20.5. The Kier molecular flexibility index (Phi) is 3.40. The van der Waals surface area contributed by atoms with E-state index in [0.29, 0.717) is 0 Å². The standard InChI is InChI=1S/C5H8O4.Li/c6-4(7)1-5(8)2-9-3-5;/h8H,1-3H2,(H,6,7);/q;+1/p-1. The summed E-state index contributed by atoms with van der Waals surface area (Å²) in [5.41, 5.74) is -1.14. The van der Waals surface area contributed by atoms with Gasteiger partial charge in [0.15, 0.2) is 0 Å². The van der Waals surface area contributed by atoms with Gasteiger partial charge in [0.25, 0.3) is 0 Å². The van der Waals surface area contributed by atoms with Crippen molar-refractivity contribution >= 4 is 5.97 Å². The minimum absolute atomic E-state index is 0. The van der Waals surface area contributed by atoms with E-state index in [4.69, 9.17) is 5.11 Å². The van der Waals surface area contributed by atoms with Gasteiger partial charge >= 0.3 is 18.9 Å². The van der Waals surface area contributed by atoms with Crippen LogP contribution in [0.25, 0.3) is 0 Å². The first-order valence-electron chi connectivity index (χ1n) is 2.62. The van der Waals surface area contributed by atoms with Gasteiger partial charge in [-0.3, -0.25) is 0 Å². The van der Waals surface area contributed by atoms with Crippen molar-refractivity contribution in [2.45, 2.75) is 12.0 Å². The van der Waals surface area contributed by atoms with Crippen molar-refractivity contribution in [2.75, 3.05) is 13.2 Å². The molecule has 1 aliphatic heterocycles. The summed E-state index contributed by atoms with van der Waals surface area (Å²) in [6, 6.07) is 0. The Morgan fingerprint density at radius 2 is 2.20 bits per heavy atom. The molecule has 0 unspecified atom stereocenters. The molecule has 1 N–H and O–H groups in total. The topological polar surface area (TPSA) is 69.6 Å². The number of carboxylic acid groups (broad SMARTS) is 1. The van der Waals surface area contributed by atoms with Crippen molar-refractivity contribution in [1.82, 2.24) is 0 Å². The number of hydrogen-bond acceptors (Lipinski definition) is 4. The third-order valence-electron chi connectivity index (χ3n) is 1.21. The predicted octanol–water partition coefficient (Wildman–Crippen LogP) is -5.11. The van der Waals surface area contributed by atoms with Gasteiger partial charge in [-0.2, -0.15) is 0 Å². The maximum absolute atomic E-state index is 9.88. The largest absolute Gasteiger partial charge is 1.00 e. The van der Waals surface area contributed by atoms with Gasteiger partial charge in [-0.05, 0) is 0 Å². The van der Waals surface area contributed by atoms with E-state index in [2.05, 4.69) is 4.74 Å². The molecule has 0 saturated carbocycles. The smallest absolute Gasteiger partial charge is 0.550 e. The number of carboxylic acids is 1. The number of ether oxygens (including phenoxy) is 1. The molecular weight excluding hydrogens is 131 g/mol. The van der Waals surface area contributed by atoms with Crippen LogP contribution in [-0.2, 0) is 9.53 Å². The van der Waals surface area contributed by atoms with Gasteiger partial charge in [0, 0.05) is 12.4 Å². The molecule has 1 heterocycles. The Morgan fingerprint density at radius 3 is 2.30 bits per heavy atom. The second kappa shape index (κ2) is 3.40. The van der Waals surface area contributed by atoms with Gasteiger partial charge in [0.2, 0.25) is 0 Å². The summed E-state index contributed by atoms with van der Waals surface area (Å²) in [5.74, 6) is -1.24. The monoisotopic (exact) mass is 138 g/mol. The van der Waals surface area contributed by atoms with Crippen LogP contribution in [0.4, 0.5) is 0 Å². The summed E-state index contributed by atoms with van der Waals surface area (Å²) >= 11 is 0. The molecule has 4 nitrogen and oxygen atoms in total. The fraction of sp³-hybridized carbons (Fsp3) is 0.800. The third kappa shape index (κ3) is 2.31. The van der Waals surface area contributed by atoms with E-state index in [0.717, 1.165) is 0 Å². The number of aliphatic carboxylic acids is 1. The van der Waals surface area contributed by atoms with E-state index >= 15 is 0 Å². The molecule has 1 aliphatic rings. The first-order chi connectivity index (χ1) is 4.12. The van der Waals surface area contributed by atoms with Crippen molar-refractivity contribution in [2.24, 2.45) is 0 Å². The molecule has 0 amide bonds. The summed E-state index contributed by atoms with van der Waals surface area (Å²) in [7, 11) is 0. The van der Waals surface area contributed by atoms with Crippen molar-refractivity contribution in [3.8, 4) is 0 Å². The predicted molar refractivity (Wildman–Crippen MR) is 25.4 cm³/mol. The van der Waals surface area contributed by atoms with Crippen LogP contribution in [-0.4, -0.2) is 29.9 Å². The molecule has 0 aliphatic carbocycles. The van der Waals surface area contributed by atoms with Gasteiger partial charge in [-0.15, -0.1) is 0 Å². The third-order valence-corrected chi connectivity index (χ3v) is 1.21. The SMILES string of the molecule is O=C([O-])CC1(O)COC1.[Li+]. The molecule has 5 heteroatoms. The van der Waals surface area contributed by atoms with Crippen molar-refractivity contribution in [3.05, 3.63) is 0 Å². The zero-order valence-corrected chi connectivity index (χ0v) is 5.79. The maximum Gasteiger partial charge on any atom is 1.00 e. The number of hydrogen-bond donors (Lipinski definition) is 1. The van der Waals surface area contributed by atoms with E-state index in [1.165, 1.54) is 0 Å². The van der Waals surface area contributed by atoms with Crippen LogP contribution in [0.3, 0.4) is 0 Å². The second-order valence-corrected chi connectivity index (χ2v) is 2.27. The van der Waals surface area contributed by atoms with Crippen LogP contribution in [0.2, 0.25) is 0 Å². The van der Waals surface area contributed by atoms with Gasteiger partial charge in [0.1, 0.15) is 5.60 Å². The van der Waals surface area contributed by atoms with E-state index in [1.807, 2.05) is 0 Å². The summed E-state index contributed by atoms with van der Waals surface area (Å²) < 4.78 is 4.60. The van der Waals surface area contributed by atoms with Crippen molar-refractivity contribution < 1.29 is 38.6 Å². The number of rotatable bonds is 2. The molecule has 52 valence electrons. The molecular formula is C5H7LiO4. The Labute approximate surface area is 70.4 Å². The molecule has 1 saturated heterocycles. The molecule has 0 aromatic carbocycles. The van der Waals surface area contributed by atoms with Gasteiger partial charge in [0.05, 0.1) is 13.2 Å². The Hall–Kier alpha value is -0.0126. The van der Waals surface area contributed by atoms with E-state index in [9.17, 15) is 9.90 Å². The van der Waals surface area contributed by atoms with Crippen LogP contribution >= 0.6 is 0 Å². The molecule has 1 fully saturated rings. The van der Waals surface area contributed by atoms with E-state index < -0.39 is 11.6 Å². The summed E-state index contributed by atoms with van der Waals surface area (Å²) in [4.78, 5) is 9.88. The number of carbonyl (C=O) groups excluding carboxylic acids is 1. The van der Waals surface area contributed by atoms with Crippen LogP contribution in [0.1, 0.15) is 6.42 Å². The van der Waals surface area contributed by atoms with E-state index in [1.54, 1.807) is 0 Å². The zero-order valence-electron chi connectivity index (χ0n) is 5.79. The maximum atomic E-state index is 9.88.